The fourth-order valence-electron chi connectivity index (χ4n) is 3.49. The van der Waals surface area contributed by atoms with Gasteiger partial charge in [-0.3, -0.25) is 5.41 Å². The van der Waals surface area contributed by atoms with Gasteiger partial charge >= 0.3 is 0 Å². The maximum Gasteiger partial charge on any atom is 0.232 e. The fourth-order valence-corrected chi connectivity index (χ4v) is 3.49. The van der Waals surface area contributed by atoms with Gasteiger partial charge < -0.3 is 20.3 Å². The molecular weight excluding hydrogens is 352 g/mol. The maximum absolute atomic E-state index is 6.47. The van der Waals surface area contributed by atoms with Crippen molar-refractivity contribution < 1.29 is 10.1 Å². The first-order chi connectivity index (χ1) is 13.5. The summed E-state index contributed by atoms with van der Waals surface area (Å²) in [6.45, 7) is 9.38. The molecular formula is C21H29N6O+. The van der Waals surface area contributed by atoms with E-state index in [9.17, 15) is 0 Å². The first kappa shape index (κ1) is 18.7. The number of benzene rings is 1. The van der Waals surface area contributed by atoms with Gasteiger partial charge in [0, 0.05) is 37.9 Å². The number of likely N-dealkylation sites (N-methyl/N-ethyl adjacent to an activating group) is 1. The lowest BCUT2D eigenvalue weighted by Crippen LogP contribution is -2.46. The standard InChI is InChI=1S/C21H28N6O/c1-3-26-8-10-27(11-9-26)19-13-18(24-14-25-19)20(23)16-12-15(4-5-17(16)22)28-21(2)6-7-21/h4-5,12-14,23H,3,6-11,22H2,1-2H3/p+1. The van der Waals surface area contributed by atoms with Gasteiger partial charge in [-0.15, -0.1) is 0 Å². The highest BCUT2D eigenvalue weighted by atomic mass is 16.5. The molecule has 1 aliphatic carbocycles. The van der Waals surface area contributed by atoms with E-state index in [0.29, 0.717) is 17.1 Å². The van der Waals surface area contributed by atoms with Crippen molar-refractivity contribution >= 4 is 17.2 Å². The first-order valence-corrected chi connectivity index (χ1v) is 9.98. The van der Waals surface area contributed by atoms with Crippen LogP contribution in [-0.2, 0) is 0 Å². The number of hydrogen-bond donors (Lipinski definition) is 2. The van der Waals surface area contributed by atoms with Gasteiger partial charge in [0.25, 0.3) is 0 Å². The maximum atomic E-state index is 6.47. The van der Waals surface area contributed by atoms with E-state index in [4.69, 9.17) is 15.9 Å². The molecule has 148 valence electrons. The van der Waals surface area contributed by atoms with Crippen LogP contribution in [0.25, 0.3) is 0 Å². The molecule has 0 unspecified atom stereocenters. The van der Waals surface area contributed by atoms with Crippen molar-refractivity contribution in [3.8, 4) is 5.75 Å². The van der Waals surface area contributed by atoms with Crippen LogP contribution in [0.1, 0.15) is 37.9 Å². The number of nitrogens with two attached hydrogens (primary N) is 2. The Morgan fingerprint density at radius 2 is 1.93 bits per heavy atom. The predicted molar refractivity (Wildman–Crippen MR) is 111 cm³/mol. The molecule has 0 atom stereocenters. The fraction of sp³-hybridized carbons (Fsp3) is 0.476. The lowest BCUT2D eigenvalue weighted by atomic mass is 10.0. The van der Waals surface area contributed by atoms with Crippen molar-refractivity contribution in [2.75, 3.05) is 43.4 Å². The van der Waals surface area contributed by atoms with E-state index in [1.165, 1.54) is 0 Å². The average molecular weight is 382 g/mol. The van der Waals surface area contributed by atoms with Crippen molar-refractivity contribution in [3.63, 3.8) is 0 Å². The number of nitrogens with zero attached hydrogens (tertiary/aromatic N) is 4. The lowest BCUT2D eigenvalue weighted by Gasteiger charge is -2.34. The van der Waals surface area contributed by atoms with Crippen LogP contribution in [0.5, 0.6) is 5.75 Å². The van der Waals surface area contributed by atoms with Gasteiger partial charge in [-0.1, -0.05) is 6.92 Å². The Bertz CT molecular complexity index is 871. The van der Waals surface area contributed by atoms with Crippen LogP contribution in [0.4, 0.5) is 11.5 Å². The van der Waals surface area contributed by atoms with Crippen molar-refractivity contribution in [2.24, 2.45) is 0 Å². The summed E-state index contributed by atoms with van der Waals surface area (Å²) >= 11 is 0. The van der Waals surface area contributed by atoms with E-state index < -0.39 is 0 Å². The second-order valence-corrected chi connectivity index (χ2v) is 7.90. The van der Waals surface area contributed by atoms with Gasteiger partial charge in [0.05, 0.1) is 5.56 Å². The number of aromatic nitrogens is 2. The quantitative estimate of drug-likeness (QED) is 0.566. The second kappa shape index (κ2) is 7.39. The van der Waals surface area contributed by atoms with E-state index in [2.05, 4.69) is 33.6 Å². The number of ether oxygens (including phenoxy) is 1. The van der Waals surface area contributed by atoms with Crippen LogP contribution in [0.3, 0.4) is 0 Å². The Balaban J connectivity index is 1.54. The summed E-state index contributed by atoms with van der Waals surface area (Å²) in [5.41, 5.74) is 8.74. The number of piperazine rings is 1. The number of hydrogen-bond acceptors (Lipinski definition) is 6. The molecule has 1 saturated heterocycles. The van der Waals surface area contributed by atoms with Crippen molar-refractivity contribution in [3.05, 3.63) is 41.9 Å². The third kappa shape index (κ3) is 3.94. The van der Waals surface area contributed by atoms with Crippen molar-refractivity contribution in [1.29, 1.82) is 0 Å². The molecule has 1 aliphatic heterocycles. The molecule has 0 amide bonds. The van der Waals surface area contributed by atoms with Gasteiger partial charge in [-0.05, 0) is 44.5 Å². The average Bonchev–Trinajstić information content (AvgIpc) is 3.45. The molecule has 28 heavy (non-hydrogen) atoms. The second-order valence-electron chi connectivity index (χ2n) is 7.90. The monoisotopic (exact) mass is 381 g/mol. The molecule has 0 spiro atoms. The van der Waals surface area contributed by atoms with Gasteiger partial charge in [0.15, 0.2) is 0 Å². The Hall–Kier alpha value is -2.67. The Morgan fingerprint density at radius 1 is 1.18 bits per heavy atom. The summed E-state index contributed by atoms with van der Waals surface area (Å²) in [7, 11) is 0. The van der Waals surface area contributed by atoms with Crippen LogP contribution in [0, 0.1) is 0 Å². The van der Waals surface area contributed by atoms with E-state index >= 15 is 0 Å². The lowest BCUT2D eigenvalue weighted by molar-refractivity contribution is -0.111. The molecule has 7 nitrogen and oxygen atoms in total. The Morgan fingerprint density at radius 3 is 2.61 bits per heavy atom. The van der Waals surface area contributed by atoms with E-state index in [1.807, 2.05) is 24.3 Å². The molecule has 4 rings (SSSR count). The Labute approximate surface area is 166 Å². The number of nitrogen functional groups attached to an aromatic ring is 1. The normalized spacial score (nSPS) is 18.7. The zero-order valence-electron chi connectivity index (χ0n) is 16.7. The summed E-state index contributed by atoms with van der Waals surface area (Å²) < 4.78 is 6.06. The minimum atomic E-state index is -0.0507. The predicted octanol–water partition coefficient (Wildman–Crippen LogP) is 0.729. The minimum absolute atomic E-state index is 0.0507. The van der Waals surface area contributed by atoms with Gasteiger partial charge in [0.2, 0.25) is 5.71 Å². The molecule has 2 heterocycles. The van der Waals surface area contributed by atoms with Crippen LogP contribution >= 0.6 is 0 Å². The highest BCUT2D eigenvalue weighted by Gasteiger charge is 2.40. The van der Waals surface area contributed by atoms with Crippen molar-refractivity contribution in [2.45, 2.75) is 32.3 Å². The minimum Gasteiger partial charge on any atom is -0.488 e. The molecule has 7 heteroatoms. The highest BCUT2D eigenvalue weighted by molar-refractivity contribution is 6.11. The zero-order chi connectivity index (χ0) is 19.7. The third-order valence-corrected chi connectivity index (χ3v) is 5.71. The molecule has 1 aromatic heterocycles. The van der Waals surface area contributed by atoms with Gasteiger partial charge in [-0.2, -0.15) is 0 Å². The molecule has 0 bridgehead atoms. The topological polar surface area (TPSA) is 93.1 Å². The van der Waals surface area contributed by atoms with Crippen LogP contribution in [0.2, 0.25) is 0 Å². The molecule has 0 radical (unpaired) electrons. The first-order valence-electron chi connectivity index (χ1n) is 9.98. The van der Waals surface area contributed by atoms with Crippen LogP contribution in [-0.4, -0.2) is 58.9 Å². The summed E-state index contributed by atoms with van der Waals surface area (Å²) in [5.74, 6) is 1.69. The third-order valence-electron chi connectivity index (χ3n) is 5.71. The highest BCUT2D eigenvalue weighted by Crippen LogP contribution is 2.40. The van der Waals surface area contributed by atoms with E-state index in [1.54, 1.807) is 6.33 Å². The Kier molecular flexibility index (Phi) is 4.93. The van der Waals surface area contributed by atoms with E-state index in [0.717, 1.165) is 62.7 Å². The molecule has 1 aromatic carbocycles. The van der Waals surface area contributed by atoms with Gasteiger partial charge in [-0.25, -0.2) is 9.97 Å². The SMILES string of the molecule is CCN1CCN(c2cc(C(=[NH2+])c3cc(OC4(C)CC4)ccc3N)ncn2)CC1. The summed E-state index contributed by atoms with van der Waals surface area (Å²) in [5, 5.41) is 6.47. The molecule has 1 saturated carbocycles. The van der Waals surface area contributed by atoms with Crippen LogP contribution < -0.4 is 20.8 Å². The summed E-state index contributed by atoms with van der Waals surface area (Å²) in [6.07, 6.45) is 3.73. The van der Waals surface area contributed by atoms with Crippen LogP contribution in [0.15, 0.2) is 30.6 Å². The molecule has 4 N–H and O–H groups in total. The molecule has 2 aliphatic rings. The largest absolute Gasteiger partial charge is 0.488 e. The molecule has 2 fully saturated rings. The summed E-state index contributed by atoms with van der Waals surface area (Å²) in [4.78, 5) is 13.6. The zero-order valence-corrected chi connectivity index (χ0v) is 16.7. The number of anilines is 2. The van der Waals surface area contributed by atoms with Crippen molar-refractivity contribution in [1.82, 2.24) is 14.9 Å². The molecule has 2 aromatic rings. The summed E-state index contributed by atoms with van der Waals surface area (Å²) in [6, 6.07) is 7.60. The van der Waals surface area contributed by atoms with E-state index in [-0.39, 0.29) is 5.60 Å². The smallest absolute Gasteiger partial charge is 0.232 e. The number of rotatable bonds is 6. The van der Waals surface area contributed by atoms with Gasteiger partial charge in [0.1, 0.15) is 29.2 Å².